The lowest BCUT2D eigenvalue weighted by Crippen LogP contribution is -2.31. The minimum absolute atomic E-state index is 0.0979. The number of aromatic nitrogens is 8. The summed E-state index contributed by atoms with van der Waals surface area (Å²) in [5.74, 6) is 0.606. The summed E-state index contributed by atoms with van der Waals surface area (Å²) >= 11 is 6.90. The van der Waals surface area contributed by atoms with Gasteiger partial charge in [0.2, 0.25) is 23.6 Å². The third-order valence-corrected chi connectivity index (χ3v) is 11.1. The zero-order chi connectivity index (χ0) is 47.8. The lowest BCUT2D eigenvalue weighted by molar-refractivity contribution is -0.123. The van der Waals surface area contributed by atoms with Crippen LogP contribution in [-0.2, 0) is 22.7 Å². The van der Waals surface area contributed by atoms with Crippen molar-refractivity contribution in [2.75, 3.05) is 54.4 Å². The number of anilines is 4. The first-order valence-corrected chi connectivity index (χ1v) is 22.2. The van der Waals surface area contributed by atoms with Crippen LogP contribution in [-0.4, -0.2) is 106 Å². The molecule has 5 aromatic heterocycles. The van der Waals surface area contributed by atoms with Gasteiger partial charge in [-0.2, -0.15) is 19.5 Å². The number of carboxylic acid groups (broad SMARTS) is 1. The van der Waals surface area contributed by atoms with E-state index in [2.05, 4.69) is 66.5 Å². The predicted octanol–water partition coefficient (Wildman–Crippen LogP) is 5.46. The molecule has 1 saturated heterocycles. The van der Waals surface area contributed by atoms with Gasteiger partial charge in [-0.05, 0) is 86.3 Å². The number of hydrogen-bond donors (Lipinski definition) is 7. The number of likely N-dealkylation sites (tertiary alicyclic amines) is 1. The molecule has 0 aliphatic carbocycles. The normalized spacial score (nSPS) is 12.4. The summed E-state index contributed by atoms with van der Waals surface area (Å²) in [7, 11) is 0. The van der Waals surface area contributed by atoms with Crippen LogP contribution in [0, 0.1) is 6.92 Å². The molecule has 22 heteroatoms. The lowest BCUT2D eigenvalue weighted by atomic mass is 9.98. The number of nitrogen functional groups attached to an aromatic ring is 1. The van der Waals surface area contributed by atoms with Gasteiger partial charge in [0.1, 0.15) is 11.4 Å². The first-order valence-electron chi connectivity index (χ1n) is 21.8. The van der Waals surface area contributed by atoms with E-state index < -0.39 is 5.91 Å². The molecule has 2 aromatic carbocycles. The van der Waals surface area contributed by atoms with Crippen LogP contribution in [0.2, 0.25) is 5.02 Å². The van der Waals surface area contributed by atoms with Crippen molar-refractivity contribution in [1.82, 2.24) is 55.1 Å². The quantitative estimate of drug-likeness (QED) is 0.0415. The second-order valence-corrected chi connectivity index (χ2v) is 15.9. The number of fused-ring (bicyclic) bond motifs is 1. The van der Waals surface area contributed by atoms with E-state index in [1.54, 1.807) is 36.5 Å². The van der Waals surface area contributed by atoms with Crippen molar-refractivity contribution in [3.8, 4) is 22.7 Å². The molecule has 0 saturated carbocycles. The maximum Gasteiger partial charge on any atom is 0.290 e. The van der Waals surface area contributed by atoms with E-state index in [1.165, 1.54) is 42.4 Å². The van der Waals surface area contributed by atoms with E-state index in [9.17, 15) is 14.4 Å². The number of piperidine rings is 1. The van der Waals surface area contributed by atoms with Crippen LogP contribution in [0.1, 0.15) is 69.9 Å². The zero-order valence-electron chi connectivity index (χ0n) is 37.1. The highest BCUT2D eigenvalue weighted by molar-refractivity contribution is 6.36. The summed E-state index contributed by atoms with van der Waals surface area (Å²) in [6.07, 6.45) is 10.8. The Kier molecular flexibility index (Phi) is 16.6. The van der Waals surface area contributed by atoms with Gasteiger partial charge in [0.05, 0.1) is 35.1 Å². The third kappa shape index (κ3) is 12.7. The van der Waals surface area contributed by atoms with Gasteiger partial charge in [-0.15, -0.1) is 5.10 Å². The minimum Gasteiger partial charge on any atom is -0.483 e. The zero-order valence-corrected chi connectivity index (χ0v) is 37.9. The standard InChI is InChI=1S/C45H48ClN15O4.CH2O2/c1-28-31(32-10-6-12-34(39(32)46)55-41(63)35-16-15-29(23-52-35)27-60-20-3-2-4-21-60)9-5-11-33(28)54-42(64)36-26-51-30(25-53-36)24-48-18-19-49-38(62)14-7-17-50-44-57-43(47)61-45(58-44)56-40(59-61)37-13-8-22-65-37;2-1-3/h5-6,8-13,15-16,22-23,25-26,48H,2-4,7,14,17-21,24,27H2,1H3,(H,49,62)(H,54,64)(H,55,63)(H3,47,50,56,57,58,59);1H,(H,2,3). The number of halogens is 1. The monoisotopic (exact) mass is 943 g/mol. The van der Waals surface area contributed by atoms with Crippen molar-refractivity contribution < 1.29 is 28.7 Å². The Bertz CT molecular complexity index is 2820. The predicted molar refractivity (Wildman–Crippen MR) is 255 cm³/mol. The summed E-state index contributed by atoms with van der Waals surface area (Å²) in [6.45, 7) is 6.37. The molecule has 0 unspecified atom stereocenters. The molecular formula is C46H50ClN15O6. The topological polar surface area (TPSA) is 286 Å². The van der Waals surface area contributed by atoms with Crippen molar-refractivity contribution in [1.29, 1.82) is 0 Å². The second kappa shape index (κ2) is 23.5. The van der Waals surface area contributed by atoms with Crippen LogP contribution >= 0.6 is 11.6 Å². The smallest absolute Gasteiger partial charge is 0.290 e. The molecule has 8 N–H and O–H groups in total. The fourth-order valence-electron chi connectivity index (χ4n) is 7.30. The first kappa shape index (κ1) is 48.1. The number of carbonyl (C=O) groups is 4. The molecule has 0 atom stereocenters. The second-order valence-electron chi connectivity index (χ2n) is 15.5. The average molecular weight is 944 g/mol. The van der Waals surface area contributed by atoms with Crippen LogP contribution in [0.4, 0.5) is 23.3 Å². The average Bonchev–Trinajstić information content (AvgIpc) is 4.05. The Labute approximate surface area is 395 Å². The van der Waals surface area contributed by atoms with E-state index in [4.69, 9.17) is 31.7 Å². The Morgan fingerprint density at radius 2 is 1.59 bits per heavy atom. The molecule has 6 heterocycles. The molecule has 0 radical (unpaired) electrons. The number of amides is 3. The Morgan fingerprint density at radius 1 is 0.838 bits per heavy atom. The first-order chi connectivity index (χ1) is 33.1. The van der Waals surface area contributed by atoms with Crippen LogP contribution in [0.25, 0.3) is 28.5 Å². The van der Waals surface area contributed by atoms with Gasteiger partial charge >= 0.3 is 0 Å². The summed E-state index contributed by atoms with van der Waals surface area (Å²) < 4.78 is 6.67. The molecule has 3 amide bonds. The number of rotatable bonds is 18. The molecule has 0 bridgehead atoms. The summed E-state index contributed by atoms with van der Waals surface area (Å²) in [6, 6.07) is 18.1. The molecule has 21 nitrogen and oxygen atoms in total. The maximum atomic E-state index is 13.3. The van der Waals surface area contributed by atoms with E-state index in [1.807, 2.05) is 37.3 Å². The maximum absolute atomic E-state index is 13.3. The number of benzene rings is 2. The molecular weight excluding hydrogens is 894 g/mol. The number of pyridine rings is 1. The molecule has 1 aliphatic heterocycles. The molecule has 0 spiro atoms. The Morgan fingerprint density at radius 3 is 2.32 bits per heavy atom. The van der Waals surface area contributed by atoms with Crippen molar-refractivity contribution in [2.24, 2.45) is 0 Å². The number of carbonyl (C=O) groups excluding carboxylic acids is 3. The highest BCUT2D eigenvalue weighted by Crippen LogP contribution is 2.37. The summed E-state index contributed by atoms with van der Waals surface area (Å²) in [5.41, 5.74) is 11.4. The minimum atomic E-state index is -0.426. The van der Waals surface area contributed by atoms with Gasteiger partial charge in [0.15, 0.2) is 5.76 Å². The Hall–Kier alpha value is -7.88. The third-order valence-electron chi connectivity index (χ3n) is 10.7. The van der Waals surface area contributed by atoms with Gasteiger partial charge < -0.3 is 41.8 Å². The van der Waals surface area contributed by atoms with Gasteiger partial charge in [-0.25, -0.2) is 4.98 Å². The molecule has 8 rings (SSSR count). The van der Waals surface area contributed by atoms with Crippen LogP contribution in [0.3, 0.4) is 0 Å². The molecule has 1 fully saturated rings. The van der Waals surface area contributed by atoms with Gasteiger partial charge in [0, 0.05) is 56.6 Å². The van der Waals surface area contributed by atoms with E-state index >= 15 is 0 Å². The number of furan rings is 1. The summed E-state index contributed by atoms with van der Waals surface area (Å²) in [5, 5.41) is 26.6. The van der Waals surface area contributed by atoms with Gasteiger partial charge in [-0.1, -0.05) is 48.4 Å². The Balaban J connectivity index is 0.00000222. The highest BCUT2D eigenvalue weighted by Gasteiger charge is 2.19. The fraction of sp³-hybridized carbons (Fsp3) is 0.283. The van der Waals surface area contributed by atoms with E-state index in [0.29, 0.717) is 84.0 Å². The highest BCUT2D eigenvalue weighted by atomic mass is 35.5. The van der Waals surface area contributed by atoms with E-state index in [0.717, 1.165) is 36.3 Å². The largest absolute Gasteiger partial charge is 0.483 e. The van der Waals surface area contributed by atoms with E-state index in [-0.39, 0.29) is 41.7 Å². The van der Waals surface area contributed by atoms with Crippen molar-refractivity contribution >= 4 is 64.8 Å². The SMILES string of the molecule is Cc1c(NC(=O)c2cnc(CNCCNC(=O)CCCNc3nc(N)n4nc(-c5ccco5)nc4n3)cn2)cccc1-c1cccc(NC(=O)c2ccc(CN3CCCCC3)cn2)c1Cl.O=CO. The number of hydrogen-bond acceptors (Lipinski definition) is 16. The summed E-state index contributed by atoms with van der Waals surface area (Å²) in [4.78, 5) is 75.7. The fourth-order valence-corrected chi connectivity index (χ4v) is 7.58. The van der Waals surface area contributed by atoms with Gasteiger partial charge in [0.25, 0.3) is 24.1 Å². The van der Waals surface area contributed by atoms with Crippen molar-refractivity contribution in [3.63, 3.8) is 0 Å². The van der Waals surface area contributed by atoms with Crippen LogP contribution in [0.15, 0.2) is 89.9 Å². The van der Waals surface area contributed by atoms with Crippen LogP contribution < -0.4 is 32.3 Å². The van der Waals surface area contributed by atoms with Crippen LogP contribution in [0.5, 0.6) is 0 Å². The number of nitrogens with one attached hydrogen (secondary N) is 5. The number of nitrogens with zero attached hydrogens (tertiary/aromatic N) is 9. The molecule has 68 heavy (non-hydrogen) atoms. The van der Waals surface area contributed by atoms with Crippen molar-refractivity contribution in [3.05, 3.63) is 119 Å². The number of nitrogens with two attached hydrogens (primary N) is 1. The van der Waals surface area contributed by atoms with Crippen molar-refractivity contribution in [2.45, 2.75) is 52.1 Å². The molecule has 352 valence electrons. The molecule has 7 aromatic rings. The lowest BCUT2D eigenvalue weighted by Gasteiger charge is -2.26. The molecule has 1 aliphatic rings. The van der Waals surface area contributed by atoms with Gasteiger partial charge in [-0.3, -0.25) is 34.0 Å².